The van der Waals surface area contributed by atoms with Gasteiger partial charge in [-0.3, -0.25) is 0 Å². The van der Waals surface area contributed by atoms with Gasteiger partial charge in [-0.2, -0.15) is 0 Å². The number of rotatable bonds is 3. The predicted octanol–water partition coefficient (Wildman–Crippen LogP) is 2.48. The molecule has 2 atom stereocenters. The zero-order chi connectivity index (χ0) is 13.1. The van der Waals surface area contributed by atoms with Crippen LogP contribution in [0.1, 0.15) is 18.9 Å². The molecule has 2 unspecified atom stereocenters. The number of hydrogen-bond donors (Lipinski definition) is 2. The average molecular weight is 269 g/mol. The summed E-state index contributed by atoms with van der Waals surface area (Å²) >= 11 is 5.90. The summed E-state index contributed by atoms with van der Waals surface area (Å²) in [4.78, 5) is 2.36. The fourth-order valence-electron chi connectivity index (χ4n) is 2.60. The highest BCUT2D eigenvalue weighted by Crippen LogP contribution is 2.27. The molecule has 1 fully saturated rings. The van der Waals surface area contributed by atoms with E-state index in [9.17, 15) is 5.11 Å². The van der Waals surface area contributed by atoms with E-state index in [1.54, 1.807) is 6.07 Å². The first-order chi connectivity index (χ1) is 8.58. The van der Waals surface area contributed by atoms with Gasteiger partial charge >= 0.3 is 0 Å². The molecular formula is C14H21ClN2O. The largest absolute Gasteiger partial charge is 0.506 e. The molecule has 100 valence electrons. The van der Waals surface area contributed by atoms with E-state index < -0.39 is 0 Å². The summed E-state index contributed by atoms with van der Waals surface area (Å²) in [7, 11) is 2.16. The van der Waals surface area contributed by atoms with Crippen molar-refractivity contribution in [1.82, 2.24) is 10.2 Å². The quantitative estimate of drug-likeness (QED) is 0.884. The maximum atomic E-state index is 9.85. The van der Waals surface area contributed by atoms with Crippen LogP contribution in [0.4, 0.5) is 0 Å². The number of para-hydroxylation sites is 1. The second kappa shape index (κ2) is 5.91. The van der Waals surface area contributed by atoms with Crippen LogP contribution < -0.4 is 5.32 Å². The van der Waals surface area contributed by atoms with Crippen molar-refractivity contribution in [3.8, 4) is 5.75 Å². The summed E-state index contributed by atoms with van der Waals surface area (Å²) in [6.45, 7) is 5.19. The monoisotopic (exact) mass is 268 g/mol. The summed E-state index contributed by atoms with van der Waals surface area (Å²) < 4.78 is 0. The van der Waals surface area contributed by atoms with Gasteiger partial charge in [-0.1, -0.05) is 30.7 Å². The number of benzene rings is 1. The molecule has 0 amide bonds. The minimum Gasteiger partial charge on any atom is -0.506 e. The molecule has 0 aliphatic carbocycles. The standard InChI is InChI=1S/C14H21ClN2O/c1-10-9-17(2)7-6-13(10)16-8-11-4-3-5-12(15)14(11)18/h3-5,10,13,16,18H,6-9H2,1-2H3. The van der Waals surface area contributed by atoms with Crippen molar-refractivity contribution in [2.75, 3.05) is 20.1 Å². The molecule has 1 saturated heterocycles. The highest BCUT2D eigenvalue weighted by atomic mass is 35.5. The second-order valence-electron chi connectivity index (χ2n) is 5.26. The molecule has 18 heavy (non-hydrogen) atoms. The Kier molecular flexibility index (Phi) is 4.49. The highest BCUT2D eigenvalue weighted by Gasteiger charge is 2.23. The summed E-state index contributed by atoms with van der Waals surface area (Å²) in [5, 5.41) is 13.8. The van der Waals surface area contributed by atoms with Crippen LogP contribution in [0.25, 0.3) is 0 Å². The molecule has 0 radical (unpaired) electrons. The van der Waals surface area contributed by atoms with Gasteiger partial charge in [0.1, 0.15) is 5.75 Å². The molecule has 2 N–H and O–H groups in total. The average Bonchev–Trinajstić information content (AvgIpc) is 2.33. The first kappa shape index (κ1) is 13.7. The van der Waals surface area contributed by atoms with Gasteiger partial charge in [-0.15, -0.1) is 0 Å². The number of aromatic hydroxyl groups is 1. The summed E-state index contributed by atoms with van der Waals surface area (Å²) in [6, 6.07) is 6.00. The van der Waals surface area contributed by atoms with E-state index in [1.807, 2.05) is 12.1 Å². The normalized spacial score (nSPS) is 25.3. The number of phenols is 1. The lowest BCUT2D eigenvalue weighted by Crippen LogP contribution is -2.46. The zero-order valence-electron chi connectivity index (χ0n) is 11.0. The van der Waals surface area contributed by atoms with Gasteiger partial charge in [0.15, 0.2) is 0 Å². The van der Waals surface area contributed by atoms with Crippen molar-refractivity contribution in [2.45, 2.75) is 25.9 Å². The Morgan fingerprint density at radius 3 is 3.00 bits per heavy atom. The topological polar surface area (TPSA) is 35.5 Å². The van der Waals surface area contributed by atoms with Gasteiger partial charge in [0.25, 0.3) is 0 Å². The lowest BCUT2D eigenvalue weighted by atomic mass is 9.94. The van der Waals surface area contributed by atoms with Crippen molar-refractivity contribution >= 4 is 11.6 Å². The van der Waals surface area contributed by atoms with Gasteiger partial charge in [-0.05, 0) is 32.0 Å². The van der Waals surface area contributed by atoms with Crippen molar-refractivity contribution in [3.63, 3.8) is 0 Å². The molecule has 2 rings (SSSR count). The van der Waals surface area contributed by atoms with E-state index in [1.165, 1.54) is 0 Å². The maximum Gasteiger partial charge on any atom is 0.138 e. The van der Waals surface area contributed by atoms with Gasteiger partial charge in [0.05, 0.1) is 5.02 Å². The Labute approximate surface area is 114 Å². The molecule has 0 spiro atoms. The molecule has 1 heterocycles. The number of hydrogen-bond acceptors (Lipinski definition) is 3. The predicted molar refractivity (Wildman–Crippen MR) is 75.0 cm³/mol. The fraction of sp³-hybridized carbons (Fsp3) is 0.571. The van der Waals surface area contributed by atoms with Crippen molar-refractivity contribution in [2.24, 2.45) is 5.92 Å². The first-order valence-corrected chi connectivity index (χ1v) is 6.84. The van der Waals surface area contributed by atoms with Crippen molar-refractivity contribution < 1.29 is 5.11 Å². The maximum absolute atomic E-state index is 9.85. The van der Waals surface area contributed by atoms with Crippen molar-refractivity contribution in [1.29, 1.82) is 0 Å². The Morgan fingerprint density at radius 2 is 2.28 bits per heavy atom. The Hall–Kier alpha value is -0.770. The number of nitrogens with zero attached hydrogens (tertiary/aromatic N) is 1. The SMILES string of the molecule is CC1CN(C)CCC1NCc1cccc(Cl)c1O. The summed E-state index contributed by atoms with van der Waals surface area (Å²) in [5.74, 6) is 0.831. The number of piperidine rings is 1. The van der Waals surface area contributed by atoms with Gasteiger partial charge in [-0.25, -0.2) is 0 Å². The molecule has 1 aliphatic rings. The number of likely N-dealkylation sites (tertiary alicyclic amines) is 1. The van der Waals surface area contributed by atoms with Crippen LogP contribution in [0.5, 0.6) is 5.75 Å². The van der Waals surface area contributed by atoms with E-state index in [0.29, 0.717) is 23.5 Å². The van der Waals surface area contributed by atoms with E-state index in [0.717, 1.165) is 25.1 Å². The minimum atomic E-state index is 0.201. The van der Waals surface area contributed by atoms with Gasteiger partial charge in [0.2, 0.25) is 0 Å². The fourth-order valence-corrected chi connectivity index (χ4v) is 2.80. The number of phenolic OH excluding ortho intramolecular Hbond substituents is 1. The minimum absolute atomic E-state index is 0.201. The van der Waals surface area contributed by atoms with Gasteiger partial charge in [0, 0.05) is 24.7 Å². The van der Waals surface area contributed by atoms with Crippen LogP contribution >= 0.6 is 11.6 Å². The number of nitrogens with one attached hydrogen (secondary N) is 1. The van der Waals surface area contributed by atoms with Crippen molar-refractivity contribution in [3.05, 3.63) is 28.8 Å². The molecular weight excluding hydrogens is 248 g/mol. The van der Waals surface area contributed by atoms with Crippen LogP contribution in [0.15, 0.2) is 18.2 Å². The lowest BCUT2D eigenvalue weighted by molar-refractivity contribution is 0.174. The molecule has 0 bridgehead atoms. The van der Waals surface area contributed by atoms with E-state index >= 15 is 0 Å². The zero-order valence-corrected chi connectivity index (χ0v) is 11.7. The molecule has 1 aliphatic heterocycles. The Balaban J connectivity index is 1.93. The summed E-state index contributed by atoms with van der Waals surface area (Å²) in [5.41, 5.74) is 0.869. The second-order valence-corrected chi connectivity index (χ2v) is 5.67. The Bertz CT molecular complexity index is 411. The third kappa shape index (κ3) is 3.16. The van der Waals surface area contributed by atoms with Gasteiger partial charge < -0.3 is 15.3 Å². The molecule has 3 nitrogen and oxygen atoms in total. The van der Waals surface area contributed by atoms with Crippen LogP contribution in [0, 0.1) is 5.92 Å². The lowest BCUT2D eigenvalue weighted by Gasteiger charge is -2.35. The van der Waals surface area contributed by atoms with Crippen LogP contribution in [-0.2, 0) is 6.54 Å². The smallest absolute Gasteiger partial charge is 0.138 e. The number of halogens is 1. The molecule has 0 saturated carbocycles. The molecule has 4 heteroatoms. The summed E-state index contributed by atoms with van der Waals surface area (Å²) in [6.07, 6.45) is 1.15. The molecule has 1 aromatic rings. The van der Waals surface area contributed by atoms with Crippen LogP contribution in [-0.4, -0.2) is 36.2 Å². The molecule has 0 aromatic heterocycles. The Morgan fingerprint density at radius 1 is 1.50 bits per heavy atom. The van der Waals surface area contributed by atoms with E-state index in [-0.39, 0.29) is 5.75 Å². The molecule has 1 aromatic carbocycles. The highest BCUT2D eigenvalue weighted by molar-refractivity contribution is 6.32. The first-order valence-electron chi connectivity index (χ1n) is 6.46. The van der Waals surface area contributed by atoms with E-state index in [2.05, 4.69) is 24.2 Å². The van der Waals surface area contributed by atoms with Crippen LogP contribution in [0.2, 0.25) is 5.02 Å². The van der Waals surface area contributed by atoms with Crippen LogP contribution in [0.3, 0.4) is 0 Å². The third-order valence-corrected chi connectivity index (χ3v) is 4.04. The van der Waals surface area contributed by atoms with E-state index in [4.69, 9.17) is 11.6 Å². The third-order valence-electron chi connectivity index (χ3n) is 3.73.